The zero-order valence-corrected chi connectivity index (χ0v) is 13.1. The van der Waals surface area contributed by atoms with Gasteiger partial charge in [-0.15, -0.1) is 0 Å². The Balaban J connectivity index is 2.00. The quantitative estimate of drug-likeness (QED) is 0.752. The number of carbonyl (C=O) groups is 1. The van der Waals surface area contributed by atoms with Crippen LogP contribution in [-0.4, -0.2) is 35.3 Å². The van der Waals surface area contributed by atoms with Crippen LogP contribution in [-0.2, 0) is 17.5 Å². The summed E-state index contributed by atoms with van der Waals surface area (Å²) in [5, 5.41) is 5.67. The molecule has 0 spiro atoms. The van der Waals surface area contributed by atoms with E-state index in [2.05, 4.69) is 20.4 Å². The van der Waals surface area contributed by atoms with Crippen LogP contribution < -0.4 is 10.6 Å². The Hall–Kier alpha value is -1.77. The zero-order chi connectivity index (χ0) is 17.0. The summed E-state index contributed by atoms with van der Waals surface area (Å²) >= 11 is 0. The number of nitrogens with one attached hydrogen (secondary N) is 2. The third-order valence-electron chi connectivity index (χ3n) is 3.59. The average Bonchev–Trinajstić information content (AvgIpc) is 3.17. The van der Waals surface area contributed by atoms with Crippen LogP contribution in [0.2, 0.25) is 0 Å². The van der Waals surface area contributed by atoms with Crippen molar-refractivity contribution in [2.45, 2.75) is 51.0 Å². The summed E-state index contributed by atoms with van der Waals surface area (Å²) in [6, 6.07) is 0.159. The van der Waals surface area contributed by atoms with Crippen LogP contribution in [0.5, 0.6) is 0 Å². The van der Waals surface area contributed by atoms with Gasteiger partial charge in [0.2, 0.25) is 5.82 Å². The third-order valence-corrected chi connectivity index (χ3v) is 3.59. The highest BCUT2D eigenvalue weighted by atomic mass is 19.4. The van der Waals surface area contributed by atoms with E-state index >= 15 is 0 Å². The van der Waals surface area contributed by atoms with Crippen LogP contribution in [0, 0.1) is 0 Å². The summed E-state index contributed by atoms with van der Waals surface area (Å²) in [5.74, 6) is -0.907. The number of hydrogen-bond acceptors (Lipinski definition) is 4. The minimum absolute atomic E-state index is 0.113. The molecule has 9 heteroatoms. The lowest BCUT2D eigenvalue weighted by molar-refractivity contribution is -0.147. The van der Waals surface area contributed by atoms with E-state index < -0.39 is 18.1 Å². The highest BCUT2D eigenvalue weighted by Gasteiger charge is 2.37. The van der Waals surface area contributed by atoms with Crippen LogP contribution in [0.25, 0.3) is 0 Å². The van der Waals surface area contributed by atoms with Crippen molar-refractivity contribution in [2.24, 2.45) is 0 Å². The molecule has 0 radical (unpaired) electrons. The van der Waals surface area contributed by atoms with Crippen LogP contribution >= 0.6 is 0 Å². The maximum atomic E-state index is 13.1. The highest BCUT2D eigenvalue weighted by molar-refractivity contribution is 5.66. The molecule has 0 aromatic carbocycles. The number of alkyl halides is 3. The van der Waals surface area contributed by atoms with Gasteiger partial charge in [-0.1, -0.05) is 0 Å². The fraction of sp³-hybridized carbons (Fsp3) is 0.714. The molecule has 1 aromatic rings. The number of aromatic nitrogens is 2. The summed E-state index contributed by atoms with van der Waals surface area (Å²) in [4.78, 5) is 14.7. The molecule has 2 rings (SSSR count). The number of methoxy groups -OCH3 is 1. The Morgan fingerprint density at radius 1 is 1.52 bits per heavy atom. The normalized spacial score (nSPS) is 16.2. The Bertz CT molecular complexity index is 541. The fourth-order valence-corrected chi connectivity index (χ4v) is 2.24. The van der Waals surface area contributed by atoms with Crippen molar-refractivity contribution in [3.63, 3.8) is 0 Å². The Kier molecular flexibility index (Phi) is 5.51. The first kappa shape index (κ1) is 17.6. The molecule has 2 N–H and O–H groups in total. The number of nitrogens with zero attached hydrogens (tertiary/aromatic N) is 2. The number of hydrogen-bond donors (Lipinski definition) is 2. The number of halogens is 3. The molecule has 0 bridgehead atoms. The first-order valence-electron chi connectivity index (χ1n) is 7.53. The predicted molar refractivity (Wildman–Crippen MR) is 76.8 cm³/mol. The summed E-state index contributed by atoms with van der Waals surface area (Å²) in [6.45, 7) is 2.15. The molecule has 1 fully saturated rings. The van der Waals surface area contributed by atoms with Crippen LogP contribution in [0.3, 0.4) is 0 Å². The maximum absolute atomic E-state index is 13.1. The van der Waals surface area contributed by atoms with Gasteiger partial charge in [-0.3, -0.25) is 0 Å². The highest BCUT2D eigenvalue weighted by Crippen LogP contribution is 2.31. The SMILES string of the molecule is COC(=O)NCCCn1cc([C@H](C)NC2CC2)nc1C(F)(F)F. The van der Waals surface area contributed by atoms with E-state index in [1.807, 2.05) is 6.92 Å². The number of rotatable bonds is 7. The van der Waals surface area contributed by atoms with Gasteiger partial charge in [-0.25, -0.2) is 9.78 Å². The van der Waals surface area contributed by atoms with Crippen molar-refractivity contribution in [3.8, 4) is 0 Å². The van der Waals surface area contributed by atoms with Crippen molar-refractivity contribution in [1.29, 1.82) is 0 Å². The minimum atomic E-state index is -4.51. The van der Waals surface area contributed by atoms with E-state index in [0.717, 1.165) is 17.4 Å². The first-order chi connectivity index (χ1) is 10.8. The molecule has 1 heterocycles. The molecule has 1 aromatic heterocycles. The second-order valence-corrected chi connectivity index (χ2v) is 5.62. The van der Waals surface area contributed by atoms with E-state index in [1.54, 1.807) is 0 Å². The van der Waals surface area contributed by atoms with E-state index in [9.17, 15) is 18.0 Å². The van der Waals surface area contributed by atoms with Gasteiger partial charge in [0.1, 0.15) is 0 Å². The van der Waals surface area contributed by atoms with Gasteiger partial charge in [0.25, 0.3) is 0 Å². The van der Waals surface area contributed by atoms with E-state index in [4.69, 9.17) is 0 Å². The lowest BCUT2D eigenvalue weighted by atomic mass is 10.2. The van der Waals surface area contributed by atoms with Crippen molar-refractivity contribution >= 4 is 6.09 Å². The molecule has 0 unspecified atom stereocenters. The number of carbonyl (C=O) groups excluding carboxylic acids is 1. The van der Waals surface area contributed by atoms with Gasteiger partial charge in [0.15, 0.2) is 0 Å². The average molecular weight is 334 g/mol. The fourth-order valence-electron chi connectivity index (χ4n) is 2.24. The molecule has 23 heavy (non-hydrogen) atoms. The molecule has 1 saturated carbocycles. The zero-order valence-electron chi connectivity index (χ0n) is 13.1. The van der Waals surface area contributed by atoms with Crippen molar-refractivity contribution < 1.29 is 22.7 Å². The van der Waals surface area contributed by atoms with Gasteiger partial charge >= 0.3 is 12.3 Å². The van der Waals surface area contributed by atoms with Crippen LogP contribution in [0.1, 0.15) is 43.7 Å². The minimum Gasteiger partial charge on any atom is -0.453 e. The number of ether oxygens (including phenoxy) is 1. The Labute approximate surface area is 132 Å². The molecule has 1 atom stereocenters. The van der Waals surface area contributed by atoms with Crippen molar-refractivity contribution in [3.05, 3.63) is 17.7 Å². The molecule has 6 nitrogen and oxygen atoms in total. The van der Waals surface area contributed by atoms with Gasteiger partial charge < -0.3 is 19.9 Å². The molecule has 0 saturated heterocycles. The lowest BCUT2D eigenvalue weighted by Gasteiger charge is -2.10. The van der Waals surface area contributed by atoms with E-state index in [0.29, 0.717) is 18.2 Å². The van der Waals surface area contributed by atoms with Gasteiger partial charge in [-0.05, 0) is 26.2 Å². The predicted octanol–water partition coefficient (Wildman–Crippen LogP) is 2.46. The van der Waals surface area contributed by atoms with Crippen LogP contribution in [0.4, 0.5) is 18.0 Å². The Morgan fingerprint density at radius 2 is 2.22 bits per heavy atom. The largest absolute Gasteiger partial charge is 0.453 e. The van der Waals surface area contributed by atoms with E-state index in [-0.39, 0.29) is 19.1 Å². The van der Waals surface area contributed by atoms with Crippen molar-refractivity contribution in [2.75, 3.05) is 13.7 Å². The number of amides is 1. The number of alkyl carbamates (subject to hydrolysis) is 1. The van der Waals surface area contributed by atoms with Gasteiger partial charge in [0, 0.05) is 31.4 Å². The smallest absolute Gasteiger partial charge is 0.449 e. The maximum Gasteiger partial charge on any atom is 0.449 e. The summed E-state index contributed by atoms with van der Waals surface area (Å²) in [5.41, 5.74) is 0.380. The monoisotopic (exact) mass is 334 g/mol. The number of imidazole rings is 1. The van der Waals surface area contributed by atoms with Crippen molar-refractivity contribution in [1.82, 2.24) is 20.2 Å². The standard InChI is InChI=1S/C14H21F3N4O2/c1-9(19-10-4-5-10)11-8-21(12(20-11)14(15,16)17)7-3-6-18-13(22)23-2/h8-10,19H,3-7H2,1-2H3,(H,18,22)/t9-/m0/s1. The topological polar surface area (TPSA) is 68.2 Å². The second-order valence-electron chi connectivity index (χ2n) is 5.62. The Morgan fingerprint density at radius 3 is 2.78 bits per heavy atom. The van der Waals surface area contributed by atoms with Gasteiger partial charge in [-0.2, -0.15) is 13.2 Å². The first-order valence-corrected chi connectivity index (χ1v) is 7.53. The molecule has 0 aliphatic heterocycles. The van der Waals surface area contributed by atoms with Gasteiger partial charge in [0.05, 0.1) is 12.8 Å². The summed E-state index contributed by atoms with van der Waals surface area (Å²) in [7, 11) is 1.23. The third kappa shape index (κ3) is 5.12. The lowest BCUT2D eigenvalue weighted by Crippen LogP contribution is -2.25. The molecule has 1 aliphatic carbocycles. The summed E-state index contributed by atoms with van der Waals surface area (Å²) in [6.07, 6.45) is -1.23. The molecular formula is C14H21F3N4O2. The summed E-state index contributed by atoms with van der Waals surface area (Å²) < 4.78 is 44.8. The number of aryl methyl sites for hydroxylation is 1. The molecular weight excluding hydrogens is 313 g/mol. The molecule has 130 valence electrons. The molecule has 1 amide bonds. The van der Waals surface area contributed by atoms with Crippen LogP contribution in [0.15, 0.2) is 6.20 Å². The second kappa shape index (κ2) is 7.20. The molecule has 1 aliphatic rings. The van der Waals surface area contributed by atoms with E-state index in [1.165, 1.54) is 13.3 Å².